The Morgan fingerprint density at radius 2 is 1.38 bits per heavy atom. The minimum atomic E-state index is -0.858. The van der Waals surface area contributed by atoms with Gasteiger partial charge in [0.25, 0.3) is 0 Å². The van der Waals surface area contributed by atoms with E-state index in [4.69, 9.17) is 10.5 Å². The van der Waals surface area contributed by atoms with Gasteiger partial charge in [-0.25, -0.2) is 9.97 Å². The maximum Gasteiger partial charge on any atom is 0.348 e. The van der Waals surface area contributed by atoms with Gasteiger partial charge in [-0.3, -0.25) is 20.2 Å². The maximum absolute atomic E-state index is 11.0. The first-order valence-electron chi connectivity index (χ1n) is 5.99. The molecule has 0 saturated carbocycles. The van der Waals surface area contributed by atoms with Crippen LogP contribution in [0.3, 0.4) is 0 Å². The van der Waals surface area contributed by atoms with E-state index in [9.17, 15) is 20.2 Å². The lowest BCUT2D eigenvalue weighted by atomic mass is 10.2. The van der Waals surface area contributed by atoms with E-state index in [-0.39, 0.29) is 16.6 Å². The van der Waals surface area contributed by atoms with Crippen LogP contribution in [0.25, 0.3) is 11.0 Å². The summed E-state index contributed by atoms with van der Waals surface area (Å²) in [5.74, 6) is 0. The largest absolute Gasteiger partial charge is 0.348 e. The molecule has 0 radical (unpaired) electrons. The molecule has 0 saturated heterocycles. The van der Waals surface area contributed by atoms with Gasteiger partial charge in [0.1, 0.15) is 27.8 Å². The number of nitrogens with zero attached hydrogens (tertiary/aromatic N) is 6. The van der Waals surface area contributed by atoms with Gasteiger partial charge in [0.2, 0.25) is 0 Å². The van der Waals surface area contributed by atoms with E-state index < -0.39 is 21.2 Å². The second-order valence-corrected chi connectivity index (χ2v) is 6.52. The average molecular weight is 358 g/mol. The van der Waals surface area contributed by atoms with E-state index >= 15 is 0 Å². The summed E-state index contributed by atoms with van der Waals surface area (Å²) in [6.07, 6.45) is 0. The number of nitro groups is 2. The van der Waals surface area contributed by atoms with Crippen LogP contribution in [-0.2, 0) is 0 Å². The lowest BCUT2D eigenvalue weighted by Gasteiger charge is -2.01. The number of rotatable bonds is 2. The third kappa shape index (κ3) is 2.50. The van der Waals surface area contributed by atoms with Gasteiger partial charge in [-0.05, 0) is 0 Å². The lowest BCUT2D eigenvalue weighted by molar-refractivity contribution is -0.422. The van der Waals surface area contributed by atoms with E-state index in [2.05, 4.69) is 9.97 Å². The van der Waals surface area contributed by atoms with Gasteiger partial charge in [0.05, 0.1) is 37.2 Å². The average Bonchev–Trinajstić information content (AvgIpc) is 2.94. The van der Waals surface area contributed by atoms with Crippen LogP contribution in [0.4, 0.5) is 11.4 Å². The quantitative estimate of drug-likeness (QED) is 0.443. The molecule has 2 aromatic rings. The summed E-state index contributed by atoms with van der Waals surface area (Å²) in [4.78, 5) is 28.7. The van der Waals surface area contributed by atoms with Gasteiger partial charge in [0, 0.05) is 0 Å². The Balaban J connectivity index is 2.21. The zero-order valence-electron chi connectivity index (χ0n) is 11.3. The van der Waals surface area contributed by atoms with E-state index in [1.165, 1.54) is 0 Å². The molecule has 0 fully saturated rings. The smallest absolute Gasteiger partial charge is 0.258 e. The SMILES string of the molecule is N#CC(C#N)=C1Sc2nc3cc([N+](=O)[O-])c([N+](=O)[O-])cc3nc2S1. The molecule has 116 valence electrons. The van der Waals surface area contributed by atoms with Crippen molar-refractivity contribution >= 4 is 45.9 Å². The Labute approximate surface area is 141 Å². The number of benzene rings is 1. The number of nitro benzene ring substituents is 2. The fourth-order valence-electron chi connectivity index (χ4n) is 1.89. The first-order chi connectivity index (χ1) is 11.4. The molecule has 0 amide bonds. The normalized spacial score (nSPS) is 12.3. The number of aromatic nitrogens is 2. The van der Waals surface area contributed by atoms with Crippen LogP contribution in [0.2, 0.25) is 0 Å². The van der Waals surface area contributed by atoms with Crippen molar-refractivity contribution < 1.29 is 9.85 Å². The second kappa shape index (κ2) is 5.77. The number of thioether (sulfide) groups is 2. The monoisotopic (exact) mass is 358 g/mol. The Kier molecular flexibility index (Phi) is 3.76. The summed E-state index contributed by atoms with van der Waals surface area (Å²) in [6, 6.07) is 5.50. The van der Waals surface area contributed by atoms with Crippen molar-refractivity contribution in [1.29, 1.82) is 10.5 Å². The molecule has 24 heavy (non-hydrogen) atoms. The molecule has 12 heteroatoms. The first kappa shape index (κ1) is 15.7. The third-order valence-corrected chi connectivity index (χ3v) is 5.26. The van der Waals surface area contributed by atoms with E-state index in [1.807, 2.05) is 0 Å². The number of hydrogen-bond acceptors (Lipinski definition) is 10. The third-order valence-electron chi connectivity index (χ3n) is 2.90. The van der Waals surface area contributed by atoms with Gasteiger partial charge in [0.15, 0.2) is 0 Å². The number of fused-ring (bicyclic) bond motifs is 2. The van der Waals surface area contributed by atoms with Gasteiger partial charge < -0.3 is 0 Å². The first-order valence-corrected chi connectivity index (χ1v) is 7.62. The van der Waals surface area contributed by atoms with Crippen molar-refractivity contribution in [2.45, 2.75) is 10.1 Å². The molecule has 1 aliphatic heterocycles. The van der Waals surface area contributed by atoms with Crippen molar-refractivity contribution in [1.82, 2.24) is 9.97 Å². The van der Waals surface area contributed by atoms with Crippen LogP contribution in [0.15, 0.2) is 32.0 Å². The standard InChI is InChI=1S/C12H2N6O4S2/c13-3-5(4-14)12-23-10-11(24-12)16-7-2-9(18(21)22)8(17(19)20)1-6(7)15-10/h1-2H. The molecule has 1 aromatic carbocycles. The highest BCUT2D eigenvalue weighted by molar-refractivity contribution is 8.24. The van der Waals surface area contributed by atoms with Crippen LogP contribution in [0.5, 0.6) is 0 Å². The van der Waals surface area contributed by atoms with Gasteiger partial charge in [-0.15, -0.1) is 0 Å². The second-order valence-electron chi connectivity index (χ2n) is 4.27. The topological polar surface area (TPSA) is 160 Å². The molecule has 2 heterocycles. The molecule has 0 bridgehead atoms. The van der Waals surface area contributed by atoms with Crippen molar-refractivity contribution in [3.05, 3.63) is 42.2 Å². The zero-order valence-corrected chi connectivity index (χ0v) is 12.9. The minimum absolute atomic E-state index is 0.0918. The molecule has 10 nitrogen and oxygen atoms in total. The van der Waals surface area contributed by atoms with Crippen LogP contribution in [-0.4, -0.2) is 19.8 Å². The summed E-state index contributed by atoms with van der Waals surface area (Å²) < 4.78 is 0.398. The molecule has 0 aliphatic carbocycles. The van der Waals surface area contributed by atoms with E-state index in [0.29, 0.717) is 14.3 Å². The number of nitriles is 2. The van der Waals surface area contributed by atoms with Gasteiger partial charge in [-0.2, -0.15) is 10.5 Å². The van der Waals surface area contributed by atoms with Crippen LogP contribution in [0.1, 0.15) is 0 Å². The number of allylic oxidation sites excluding steroid dienone is 1. The molecule has 0 atom stereocenters. The minimum Gasteiger partial charge on any atom is -0.258 e. The summed E-state index contributed by atoms with van der Waals surface area (Å²) in [5.41, 5.74) is -1.21. The maximum atomic E-state index is 11.0. The number of hydrogen-bond donors (Lipinski definition) is 0. The van der Waals surface area contributed by atoms with Gasteiger partial charge in [-0.1, -0.05) is 23.5 Å². The highest BCUT2D eigenvalue weighted by Gasteiger charge is 2.29. The van der Waals surface area contributed by atoms with Crippen LogP contribution in [0, 0.1) is 42.9 Å². The highest BCUT2D eigenvalue weighted by atomic mass is 32.2. The van der Waals surface area contributed by atoms with E-state index in [1.54, 1.807) is 12.1 Å². The summed E-state index contributed by atoms with van der Waals surface area (Å²) in [7, 11) is 0. The van der Waals surface area contributed by atoms with Crippen LogP contribution >= 0.6 is 23.5 Å². The Morgan fingerprint density at radius 3 is 1.71 bits per heavy atom. The van der Waals surface area contributed by atoms with Crippen LogP contribution < -0.4 is 0 Å². The van der Waals surface area contributed by atoms with Crippen molar-refractivity contribution in [2.24, 2.45) is 0 Å². The molecular formula is C12H2N6O4S2. The molecule has 3 rings (SSSR count). The predicted octanol–water partition coefficient (Wildman–Crippen LogP) is 2.90. The Hall–Kier alpha value is -3.22. The summed E-state index contributed by atoms with van der Waals surface area (Å²) in [6.45, 7) is 0. The Bertz CT molecular complexity index is 972. The zero-order chi connectivity index (χ0) is 17.4. The highest BCUT2D eigenvalue weighted by Crippen LogP contribution is 2.51. The van der Waals surface area contributed by atoms with Crippen molar-refractivity contribution in [3.63, 3.8) is 0 Å². The molecule has 1 aliphatic rings. The van der Waals surface area contributed by atoms with Gasteiger partial charge >= 0.3 is 11.4 Å². The molecule has 1 aromatic heterocycles. The molecule has 0 spiro atoms. The lowest BCUT2D eigenvalue weighted by Crippen LogP contribution is -1.98. The molecular weight excluding hydrogens is 356 g/mol. The molecule has 0 N–H and O–H groups in total. The fraction of sp³-hybridized carbons (Fsp3) is 0. The Morgan fingerprint density at radius 1 is 0.958 bits per heavy atom. The predicted molar refractivity (Wildman–Crippen MR) is 82.8 cm³/mol. The van der Waals surface area contributed by atoms with Crippen molar-refractivity contribution in [2.75, 3.05) is 0 Å². The summed E-state index contributed by atoms with van der Waals surface area (Å²) in [5, 5.41) is 40.5. The fourth-order valence-corrected chi connectivity index (χ4v) is 4.07. The molecule has 0 unspecified atom stereocenters. The van der Waals surface area contributed by atoms with E-state index in [0.717, 1.165) is 35.7 Å². The summed E-state index contributed by atoms with van der Waals surface area (Å²) >= 11 is 2.11. The van der Waals surface area contributed by atoms with Crippen molar-refractivity contribution in [3.8, 4) is 12.1 Å².